The van der Waals surface area contributed by atoms with Crippen molar-refractivity contribution in [1.29, 1.82) is 0 Å². The number of nitrogens with one attached hydrogen (secondary N) is 1. The molecule has 0 radical (unpaired) electrons. The molecule has 0 bridgehead atoms. The van der Waals surface area contributed by atoms with Crippen molar-refractivity contribution in [3.63, 3.8) is 0 Å². The molecule has 2 aromatic rings. The Morgan fingerprint density at radius 1 is 1.18 bits per heavy atom. The lowest BCUT2D eigenvalue weighted by molar-refractivity contribution is 0.104. The zero-order chi connectivity index (χ0) is 12.3. The molecule has 0 aliphatic carbocycles. The highest BCUT2D eigenvalue weighted by Crippen LogP contribution is 2.26. The molecule has 2 nitrogen and oxygen atoms in total. The maximum absolute atomic E-state index is 11.7. The summed E-state index contributed by atoms with van der Waals surface area (Å²) in [5, 5.41) is 0.922. The van der Waals surface area contributed by atoms with E-state index in [4.69, 9.17) is 23.2 Å². The first-order chi connectivity index (χ1) is 8.18. The molecule has 2 rings (SSSR count). The van der Waals surface area contributed by atoms with Crippen LogP contribution in [0.4, 0.5) is 0 Å². The molecule has 0 atom stereocenters. The van der Waals surface area contributed by atoms with Crippen molar-refractivity contribution < 1.29 is 4.79 Å². The minimum atomic E-state index is -0.106. The minimum Gasteiger partial charge on any atom is -0.359 e. The van der Waals surface area contributed by atoms with Crippen LogP contribution in [0.3, 0.4) is 0 Å². The van der Waals surface area contributed by atoms with Gasteiger partial charge in [-0.2, -0.15) is 0 Å². The Labute approximate surface area is 109 Å². The molecule has 0 aliphatic rings. The van der Waals surface area contributed by atoms with Crippen molar-refractivity contribution in [2.75, 3.05) is 0 Å². The summed E-state index contributed by atoms with van der Waals surface area (Å²) in [4.78, 5) is 14.5. The Bertz CT molecular complexity index is 559. The number of aromatic amines is 1. The van der Waals surface area contributed by atoms with Crippen molar-refractivity contribution in [3.05, 3.63) is 63.9 Å². The predicted molar refractivity (Wildman–Crippen MR) is 70.6 cm³/mol. The number of benzene rings is 1. The molecule has 1 heterocycles. The van der Waals surface area contributed by atoms with Crippen LogP contribution in [-0.2, 0) is 0 Å². The number of ketones is 1. The third-order valence-electron chi connectivity index (χ3n) is 2.26. The minimum absolute atomic E-state index is 0.106. The summed E-state index contributed by atoms with van der Waals surface area (Å²) in [6.45, 7) is 0. The van der Waals surface area contributed by atoms with Crippen molar-refractivity contribution >= 4 is 35.1 Å². The van der Waals surface area contributed by atoms with Gasteiger partial charge in [-0.1, -0.05) is 35.3 Å². The van der Waals surface area contributed by atoms with Gasteiger partial charge in [0, 0.05) is 6.20 Å². The van der Waals surface area contributed by atoms with Crippen LogP contribution in [-0.4, -0.2) is 10.8 Å². The van der Waals surface area contributed by atoms with Crippen molar-refractivity contribution in [2.45, 2.75) is 0 Å². The Balaban J connectivity index is 2.21. The Morgan fingerprint density at radius 2 is 2.00 bits per heavy atom. The van der Waals surface area contributed by atoms with E-state index in [1.165, 1.54) is 6.08 Å². The first kappa shape index (κ1) is 12.0. The smallest absolute Gasteiger partial charge is 0.201 e. The molecule has 1 aromatic carbocycles. The van der Waals surface area contributed by atoms with E-state index in [1.54, 1.807) is 42.6 Å². The molecule has 0 amide bonds. The van der Waals surface area contributed by atoms with Crippen LogP contribution in [0.1, 0.15) is 16.1 Å². The van der Waals surface area contributed by atoms with Gasteiger partial charge in [-0.15, -0.1) is 0 Å². The van der Waals surface area contributed by atoms with E-state index in [0.29, 0.717) is 15.7 Å². The van der Waals surface area contributed by atoms with Gasteiger partial charge in [0.05, 0.1) is 15.7 Å². The molecule has 86 valence electrons. The highest BCUT2D eigenvalue weighted by molar-refractivity contribution is 6.42. The first-order valence-corrected chi connectivity index (χ1v) is 5.74. The van der Waals surface area contributed by atoms with Crippen molar-refractivity contribution in [3.8, 4) is 0 Å². The highest BCUT2D eigenvalue weighted by Gasteiger charge is 2.03. The van der Waals surface area contributed by atoms with E-state index in [1.807, 2.05) is 0 Å². The number of hydrogen-bond donors (Lipinski definition) is 1. The van der Waals surface area contributed by atoms with Gasteiger partial charge in [0.15, 0.2) is 0 Å². The number of aromatic nitrogens is 1. The quantitative estimate of drug-likeness (QED) is 0.654. The Kier molecular flexibility index (Phi) is 3.67. The Morgan fingerprint density at radius 3 is 2.71 bits per heavy atom. The molecule has 0 spiro atoms. The number of H-pyrrole nitrogens is 1. The fourth-order valence-corrected chi connectivity index (χ4v) is 1.76. The molecular weight excluding hydrogens is 257 g/mol. The second-order valence-corrected chi connectivity index (χ2v) is 4.21. The molecule has 1 aromatic heterocycles. The predicted octanol–water partition coefficient (Wildman–Crippen LogP) is 4.22. The van der Waals surface area contributed by atoms with Gasteiger partial charge in [-0.05, 0) is 35.9 Å². The summed E-state index contributed by atoms with van der Waals surface area (Å²) in [6.07, 6.45) is 4.81. The van der Waals surface area contributed by atoms with E-state index >= 15 is 0 Å². The van der Waals surface area contributed by atoms with Crippen LogP contribution < -0.4 is 0 Å². The number of carbonyl (C=O) groups is 1. The fourth-order valence-electron chi connectivity index (χ4n) is 1.39. The zero-order valence-electron chi connectivity index (χ0n) is 8.78. The fraction of sp³-hybridized carbons (Fsp3) is 0. The average molecular weight is 266 g/mol. The largest absolute Gasteiger partial charge is 0.359 e. The van der Waals surface area contributed by atoms with Gasteiger partial charge in [0.1, 0.15) is 0 Å². The van der Waals surface area contributed by atoms with Crippen LogP contribution >= 0.6 is 23.2 Å². The van der Waals surface area contributed by atoms with Crippen LogP contribution in [0.25, 0.3) is 6.08 Å². The number of allylic oxidation sites excluding steroid dienone is 1. The topological polar surface area (TPSA) is 32.9 Å². The van der Waals surface area contributed by atoms with Crippen LogP contribution in [0, 0.1) is 0 Å². The molecule has 17 heavy (non-hydrogen) atoms. The molecule has 0 aliphatic heterocycles. The van der Waals surface area contributed by atoms with Crippen LogP contribution in [0.2, 0.25) is 10.0 Å². The van der Waals surface area contributed by atoms with Gasteiger partial charge in [0.25, 0.3) is 0 Å². The van der Waals surface area contributed by atoms with Gasteiger partial charge in [-0.3, -0.25) is 4.79 Å². The molecule has 0 unspecified atom stereocenters. The SMILES string of the molecule is O=C(/C=C/c1cccc(Cl)c1Cl)c1ccc[nH]1. The average Bonchev–Trinajstić information content (AvgIpc) is 2.84. The summed E-state index contributed by atoms with van der Waals surface area (Å²) in [7, 11) is 0. The zero-order valence-corrected chi connectivity index (χ0v) is 10.3. The summed E-state index contributed by atoms with van der Waals surface area (Å²) >= 11 is 11.9. The second-order valence-electron chi connectivity index (χ2n) is 3.42. The summed E-state index contributed by atoms with van der Waals surface area (Å²) in [5.41, 5.74) is 1.26. The van der Waals surface area contributed by atoms with Crippen molar-refractivity contribution in [1.82, 2.24) is 4.98 Å². The molecular formula is C13H9Cl2NO. The summed E-state index contributed by atoms with van der Waals surface area (Å²) < 4.78 is 0. The van der Waals surface area contributed by atoms with E-state index in [-0.39, 0.29) is 5.78 Å². The second kappa shape index (κ2) is 5.21. The summed E-state index contributed by atoms with van der Waals surface area (Å²) in [5.74, 6) is -0.106. The van der Waals surface area contributed by atoms with E-state index in [0.717, 1.165) is 5.56 Å². The van der Waals surface area contributed by atoms with E-state index in [9.17, 15) is 4.79 Å². The summed E-state index contributed by atoms with van der Waals surface area (Å²) in [6, 6.07) is 8.77. The third kappa shape index (κ3) is 2.78. The number of hydrogen-bond acceptors (Lipinski definition) is 1. The lowest BCUT2D eigenvalue weighted by Crippen LogP contribution is -1.93. The standard InChI is InChI=1S/C13H9Cl2NO/c14-10-4-1-3-9(13(10)15)6-7-12(17)11-5-2-8-16-11/h1-8,16H/b7-6+. The highest BCUT2D eigenvalue weighted by atomic mass is 35.5. The Hall–Kier alpha value is -1.51. The molecule has 0 fully saturated rings. The normalized spacial score (nSPS) is 10.9. The van der Waals surface area contributed by atoms with Gasteiger partial charge < -0.3 is 4.98 Å². The third-order valence-corrected chi connectivity index (χ3v) is 3.09. The van der Waals surface area contributed by atoms with Crippen LogP contribution in [0.15, 0.2) is 42.6 Å². The van der Waals surface area contributed by atoms with E-state index in [2.05, 4.69) is 4.98 Å². The van der Waals surface area contributed by atoms with Gasteiger partial charge in [0.2, 0.25) is 5.78 Å². The van der Waals surface area contributed by atoms with E-state index < -0.39 is 0 Å². The van der Waals surface area contributed by atoms with Gasteiger partial charge >= 0.3 is 0 Å². The maximum atomic E-state index is 11.7. The monoisotopic (exact) mass is 265 g/mol. The lowest BCUT2D eigenvalue weighted by Gasteiger charge is -1.99. The molecule has 0 saturated carbocycles. The molecule has 0 saturated heterocycles. The number of carbonyl (C=O) groups excluding carboxylic acids is 1. The number of rotatable bonds is 3. The number of halogens is 2. The molecule has 1 N–H and O–H groups in total. The van der Waals surface area contributed by atoms with Crippen molar-refractivity contribution in [2.24, 2.45) is 0 Å². The first-order valence-electron chi connectivity index (χ1n) is 4.98. The maximum Gasteiger partial charge on any atom is 0.201 e. The molecule has 4 heteroatoms. The van der Waals surface area contributed by atoms with Crippen LogP contribution in [0.5, 0.6) is 0 Å². The van der Waals surface area contributed by atoms with Gasteiger partial charge in [-0.25, -0.2) is 0 Å². The lowest BCUT2D eigenvalue weighted by atomic mass is 10.2.